The molecule has 15 heavy (non-hydrogen) atoms. The molecule has 5 heteroatoms. The van der Waals surface area contributed by atoms with E-state index < -0.39 is 0 Å². The monoisotopic (exact) mass is 216 g/mol. The number of methoxy groups -OCH3 is 1. The van der Waals surface area contributed by atoms with E-state index in [-0.39, 0.29) is 24.5 Å². The molecule has 1 fully saturated rings. The molecule has 3 N–H and O–H groups in total. The number of nitrogens with one attached hydrogen (secondary N) is 2. The van der Waals surface area contributed by atoms with E-state index in [0.29, 0.717) is 6.61 Å². The summed E-state index contributed by atoms with van der Waals surface area (Å²) in [5, 5.41) is 15.0. The second kappa shape index (κ2) is 6.76. The van der Waals surface area contributed by atoms with E-state index >= 15 is 0 Å². The Balaban J connectivity index is 2.31. The third-order valence-electron chi connectivity index (χ3n) is 2.60. The van der Waals surface area contributed by atoms with Crippen LogP contribution in [0.5, 0.6) is 0 Å². The number of carbonyl (C=O) groups is 1. The van der Waals surface area contributed by atoms with Crippen LogP contribution in [0.25, 0.3) is 0 Å². The van der Waals surface area contributed by atoms with Crippen molar-refractivity contribution in [3.05, 3.63) is 0 Å². The van der Waals surface area contributed by atoms with Gasteiger partial charge in [-0.3, -0.25) is 4.79 Å². The van der Waals surface area contributed by atoms with Gasteiger partial charge < -0.3 is 20.5 Å². The molecule has 1 aliphatic rings. The second-order valence-electron chi connectivity index (χ2n) is 3.89. The summed E-state index contributed by atoms with van der Waals surface area (Å²) in [5.41, 5.74) is 0. The van der Waals surface area contributed by atoms with Crippen molar-refractivity contribution in [3.8, 4) is 0 Å². The van der Waals surface area contributed by atoms with E-state index in [2.05, 4.69) is 10.6 Å². The zero-order valence-corrected chi connectivity index (χ0v) is 9.16. The first kappa shape index (κ1) is 12.4. The second-order valence-corrected chi connectivity index (χ2v) is 3.89. The molecule has 2 atom stereocenters. The standard InChI is InChI=1S/C10H20N2O3/c1-15-7-9(6-13)12-10(14)8-3-2-4-11-5-8/h8-9,11,13H,2-7H2,1H3,(H,12,14)/t8-,9?/m0/s1. The van der Waals surface area contributed by atoms with Crippen LogP contribution in [0.3, 0.4) is 0 Å². The Hall–Kier alpha value is -0.650. The Kier molecular flexibility index (Phi) is 5.60. The maximum absolute atomic E-state index is 11.7. The van der Waals surface area contributed by atoms with Crippen molar-refractivity contribution in [2.45, 2.75) is 18.9 Å². The van der Waals surface area contributed by atoms with Crippen LogP contribution < -0.4 is 10.6 Å². The van der Waals surface area contributed by atoms with Gasteiger partial charge in [0.1, 0.15) is 0 Å². The van der Waals surface area contributed by atoms with E-state index in [1.54, 1.807) is 7.11 Å². The van der Waals surface area contributed by atoms with E-state index in [1.807, 2.05) is 0 Å². The lowest BCUT2D eigenvalue weighted by Crippen LogP contribution is -2.47. The van der Waals surface area contributed by atoms with E-state index in [0.717, 1.165) is 25.9 Å². The number of amides is 1. The third kappa shape index (κ3) is 4.15. The molecule has 1 heterocycles. The van der Waals surface area contributed by atoms with Gasteiger partial charge in [-0.05, 0) is 19.4 Å². The molecule has 0 spiro atoms. The summed E-state index contributed by atoms with van der Waals surface area (Å²) in [6, 6.07) is -0.288. The normalized spacial score (nSPS) is 23.5. The minimum atomic E-state index is -0.288. The van der Waals surface area contributed by atoms with Crippen molar-refractivity contribution in [2.24, 2.45) is 5.92 Å². The molecule has 1 amide bonds. The highest BCUT2D eigenvalue weighted by atomic mass is 16.5. The third-order valence-corrected chi connectivity index (χ3v) is 2.60. The van der Waals surface area contributed by atoms with Crippen LogP contribution in [0.2, 0.25) is 0 Å². The molecule has 1 aliphatic heterocycles. The van der Waals surface area contributed by atoms with E-state index in [1.165, 1.54) is 0 Å². The lowest BCUT2D eigenvalue weighted by Gasteiger charge is -2.24. The number of hydrogen-bond donors (Lipinski definition) is 3. The van der Waals surface area contributed by atoms with Gasteiger partial charge >= 0.3 is 0 Å². The first-order valence-electron chi connectivity index (χ1n) is 5.38. The molecular formula is C10H20N2O3. The molecule has 1 unspecified atom stereocenters. The summed E-state index contributed by atoms with van der Waals surface area (Å²) in [6.07, 6.45) is 1.95. The fourth-order valence-corrected chi connectivity index (χ4v) is 1.74. The van der Waals surface area contributed by atoms with Gasteiger partial charge in [0.2, 0.25) is 5.91 Å². The Bertz CT molecular complexity index is 193. The SMILES string of the molecule is COCC(CO)NC(=O)[C@H]1CCCNC1. The number of ether oxygens (including phenoxy) is 1. The highest BCUT2D eigenvalue weighted by molar-refractivity contribution is 5.79. The molecule has 0 radical (unpaired) electrons. The van der Waals surface area contributed by atoms with Crippen LogP contribution in [-0.2, 0) is 9.53 Å². The fourth-order valence-electron chi connectivity index (χ4n) is 1.74. The minimum absolute atomic E-state index is 0.0123. The average Bonchev–Trinajstić information content (AvgIpc) is 2.29. The van der Waals surface area contributed by atoms with Gasteiger partial charge in [-0.1, -0.05) is 0 Å². The highest BCUT2D eigenvalue weighted by Crippen LogP contribution is 2.09. The van der Waals surface area contributed by atoms with Crippen LogP contribution in [0.4, 0.5) is 0 Å². The molecular weight excluding hydrogens is 196 g/mol. The Labute approximate surface area is 90.2 Å². The zero-order valence-electron chi connectivity index (χ0n) is 9.16. The van der Waals surface area contributed by atoms with Crippen molar-refractivity contribution in [3.63, 3.8) is 0 Å². The average molecular weight is 216 g/mol. The zero-order chi connectivity index (χ0) is 11.1. The fraction of sp³-hybridized carbons (Fsp3) is 0.900. The van der Waals surface area contributed by atoms with Crippen LogP contribution in [0, 0.1) is 5.92 Å². The van der Waals surface area contributed by atoms with E-state index in [9.17, 15) is 4.79 Å². The molecule has 0 aromatic rings. The lowest BCUT2D eigenvalue weighted by molar-refractivity contribution is -0.127. The van der Waals surface area contributed by atoms with Crippen LogP contribution in [-0.4, -0.2) is 50.5 Å². The van der Waals surface area contributed by atoms with Crippen molar-refractivity contribution in [1.82, 2.24) is 10.6 Å². The summed E-state index contributed by atoms with van der Waals surface area (Å²) >= 11 is 0. The van der Waals surface area contributed by atoms with Crippen LogP contribution in [0.15, 0.2) is 0 Å². The predicted octanol–water partition coefficient (Wildman–Crippen LogP) is -0.890. The summed E-state index contributed by atoms with van der Waals surface area (Å²) in [4.78, 5) is 11.7. The first-order chi connectivity index (χ1) is 7.27. The molecule has 0 saturated carbocycles. The largest absolute Gasteiger partial charge is 0.394 e. The molecule has 0 aliphatic carbocycles. The van der Waals surface area contributed by atoms with Crippen molar-refractivity contribution >= 4 is 5.91 Å². The van der Waals surface area contributed by atoms with Crippen molar-refractivity contribution in [1.29, 1.82) is 0 Å². The maximum atomic E-state index is 11.7. The first-order valence-corrected chi connectivity index (χ1v) is 5.38. The Morgan fingerprint density at radius 2 is 2.53 bits per heavy atom. The van der Waals surface area contributed by atoms with Crippen molar-refractivity contribution < 1.29 is 14.6 Å². The molecule has 5 nitrogen and oxygen atoms in total. The number of hydrogen-bond acceptors (Lipinski definition) is 4. The number of carbonyl (C=O) groups excluding carboxylic acids is 1. The molecule has 1 saturated heterocycles. The molecule has 88 valence electrons. The molecule has 0 bridgehead atoms. The number of aliphatic hydroxyl groups excluding tert-OH is 1. The maximum Gasteiger partial charge on any atom is 0.224 e. The molecule has 1 rings (SSSR count). The van der Waals surface area contributed by atoms with Gasteiger partial charge in [0, 0.05) is 13.7 Å². The number of aliphatic hydroxyl groups is 1. The summed E-state index contributed by atoms with van der Waals surface area (Å²) in [6.45, 7) is 1.99. The minimum Gasteiger partial charge on any atom is -0.394 e. The Morgan fingerprint density at radius 1 is 1.73 bits per heavy atom. The predicted molar refractivity (Wildman–Crippen MR) is 56.5 cm³/mol. The van der Waals surface area contributed by atoms with Crippen LogP contribution >= 0.6 is 0 Å². The quantitative estimate of drug-likeness (QED) is 0.557. The lowest BCUT2D eigenvalue weighted by atomic mass is 9.98. The summed E-state index contributed by atoms with van der Waals surface area (Å²) in [7, 11) is 1.55. The number of rotatable bonds is 5. The van der Waals surface area contributed by atoms with E-state index in [4.69, 9.17) is 9.84 Å². The smallest absolute Gasteiger partial charge is 0.224 e. The van der Waals surface area contributed by atoms with Gasteiger partial charge in [-0.25, -0.2) is 0 Å². The number of piperidine rings is 1. The molecule has 0 aromatic heterocycles. The topological polar surface area (TPSA) is 70.6 Å². The van der Waals surface area contributed by atoms with Gasteiger partial charge in [-0.2, -0.15) is 0 Å². The van der Waals surface area contributed by atoms with Crippen molar-refractivity contribution in [2.75, 3.05) is 33.4 Å². The van der Waals surface area contributed by atoms with Gasteiger partial charge in [0.05, 0.1) is 25.2 Å². The van der Waals surface area contributed by atoms with Gasteiger partial charge in [0.25, 0.3) is 0 Å². The molecule has 0 aromatic carbocycles. The summed E-state index contributed by atoms with van der Waals surface area (Å²) < 4.78 is 4.89. The van der Waals surface area contributed by atoms with Gasteiger partial charge in [0.15, 0.2) is 0 Å². The highest BCUT2D eigenvalue weighted by Gasteiger charge is 2.22. The summed E-state index contributed by atoms with van der Waals surface area (Å²) in [5.74, 6) is 0.0444. The van der Waals surface area contributed by atoms with Crippen LogP contribution in [0.1, 0.15) is 12.8 Å². The van der Waals surface area contributed by atoms with Gasteiger partial charge in [-0.15, -0.1) is 0 Å². The Morgan fingerprint density at radius 3 is 3.07 bits per heavy atom.